The predicted molar refractivity (Wildman–Crippen MR) is 45.1 cm³/mol. The second-order valence-electron chi connectivity index (χ2n) is 2.09. The molecule has 0 aliphatic heterocycles. The molecule has 3 heteroatoms. The number of rotatable bonds is 4. The van der Waals surface area contributed by atoms with Crippen molar-refractivity contribution in [2.75, 3.05) is 6.61 Å². The largest absolute Gasteiger partial charge is 0.462 e. The molecule has 0 spiro atoms. The maximum atomic E-state index is 10.8. The Hall–Kier alpha value is -0.573. The molecular weight excluding hydrogens is 144 g/mol. The third-order valence-electron chi connectivity index (χ3n) is 1.15. The topological polar surface area (TPSA) is 26.3 Å². The van der Waals surface area contributed by atoms with Crippen LogP contribution in [-0.2, 0) is 9.53 Å². The lowest BCUT2D eigenvalue weighted by Crippen LogP contribution is -2.07. The molecule has 0 radical (unpaired) electrons. The minimum absolute atomic E-state index is 0.225. The van der Waals surface area contributed by atoms with E-state index in [2.05, 4.69) is 6.58 Å². The Kier molecular flexibility index (Phi) is 4.93. The molecule has 0 rings (SSSR count). The molecule has 58 valence electrons. The first-order valence-electron chi connectivity index (χ1n) is 3.57. The van der Waals surface area contributed by atoms with Gasteiger partial charge in [0.15, 0.2) is 0 Å². The third kappa shape index (κ3) is 3.45. The van der Waals surface area contributed by atoms with E-state index in [-0.39, 0.29) is 5.97 Å². The van der Waals surface area contributed by atoms with Crippen LogP contribution in [0.2, 0.25) is 6.04 Å². The van der Waals surface area contributed by atoms with Gasteiger partial charge >= 0.3 is 5.97 Å². The summed E-state index contributed by atoms with van der Waals surface area (Å²) >= 11 is 0. The summed E-state index contributed by atoms with van der Waals surface area (Å²) in [4.78, 5) is 10.8. The summed E-state index contributed by atoms with van der Waals surface area (Å²) in [6.07, 6.45) is 0.875. The first-order chi connectivity index (χ1) is 4.72. The monoisotopic (exact) mass is 158 g/mol. The van der Waals surface area contributed by atoms with Gasteiger partial charge < -0.3 is 4.74 Å². The molecule has 0 saturated carbocycles. The minimum Gasteiger partial charge on any atom is -0.462 e. The lowest BCUT2D eigenvalue weighted by molar-refractivity contribution is -0.138. The van der Waals surface area contributed by atoms with Crippen molar-refractivity contribution >= 4 is 16.2 Å². The Bertz CT molecular complexity index is 132. The number of esters is 1. The Morgan fingerprint density at radius 2 is 2.30 bits per heavy atom. The van der Waals surface area contributed by atoms with Gasteiger partial charge in [0.1, 0.15) is 0 Å². The lowest BCUT2D eigenvalue weighted by Gasteiger charge is -2.02. The van der Waals surface area contributed by atoms with E-state index >= 15 is 0 Å². The summed E-state index contributed by atoms with van der Waals surface area (Å²) in [5, 5.41) is 0. The zero-order valence-corrected chi connectivity index (χ0v) is 8.64. The molecule has 0 atom stereocenters. The lowest BCUT2D eigenvalue weighted by atomic mass is 10.3. The van der Waals surface area contributed by atoms with Crippen LogP contribution in [0.15, 0.2) is 12.2 Å². The molecule has 0 aliphatic carbocycles. The van der Waals surface area contributed by atoms with Crippen LogP contribution < -0.4 is 0 Å². The highest BCUT2D eigenvalue weighted by Gasteiger charge is 2.03. The number of hydrogen-bond acceptors (Lipinski definition) is 2. The van der Waals surface area contributed by atoms with E-state index in [4.69, 9.17) is 4.74 Å². The van der Waals surface area contributed by atoms with Gasteiger partial charge in [-0.05, 0) is 12.5 Å². The fourth-order valence-electron chi connectivity index (χ4n) is 0.441. The van der Waals surface area contributed by atoms with E-state index < -0.39 is 0 Å². The second kappa shape index (κ2) is 5.23. The molecular formula is C7H14O2Si. The zero-order valence-electron chi connectivity index (χ0n) is 6.64. The molecule has 0 heterocycles. The molecule has 0 amide bonds. The van der Waals surface area contributed by atoms with Crippen molar-refractivity contribution in [1.29, 1.82) is 0 Å². The van der Waals surface area contributed by atoms with Crippen LogP contribution in [0.5, 0.6) is 0 Å². The number of hydrogen-bond donors (Lipinski definition) is 0. The molecule has 10 heavy (non-hydrogen) atoms. The Morgan fingerprint density at radius 1 is 1.70 bits per heavy atom. The predicted octanol–water partition coefficient (Wildman–Crippen LogP) is 0.279. The fourth-order valence-corrected chi connectivity index (χ4v) is 0.730. The molecule has 0 fully saturated rings. The average molecular weight is 158 g/mol. The van der Waals surface area contributed by atoms with Gasteiger partial charge in [-0.15, -0.1) is 0 Å². The molecule has 0 N–H and O–H groups in total. The van der Waals surface area contributed by atoms with E-state index in [0.29, 0.717) is 12.2 Å². The van der Waals surface area contributed by atoms with Crippen LogP contribution >= 0.6 is 0 Å². The van der Waals surface area contributed by atoms with Crippen molar-refractivity contribution in [3.05, 3.63) is 12.2 Å². The van der Waals surface area contributed by atoms with Crippen LogP contribution in [0.1, 0.15) is 13.3 Å². The summed E-state index contributed by atoms with van der Waals surface area (Å²) in [6.45, 7) is 6.07. The van der Waals surface area contributed by atoms with Crippen molar-refractivity contribution in [2.45, 2.75) is 19.4 Å². The summed E-state index contributed by atoms with van der Waals surface area (Å²) in [5.74, 6) is -0.225. The van der Waals surface area contributed by atoms with Gasteiger partial charge in [-0.25, -0.2) is 4.79 Å². The van der Waals surface area contributed by atoms with Crippen LogP contribution in [0.25, 0.3) is 0 Å². The van der Waals surface area contributed by atoms with Crippen LogP contribution in [-0.4, -0.2) is 22.8 Å². The van der Waals surface area contributed by atoms with Crippen molar-refractivity contribution in [3.63, 3.8) is 0 Å². The Balaban J connectivity index is 3.52. The fraction of sp³-hybridized carbons (Fsp3) is 0.571. The van der Waals surface area contributed by atoms with E-state index in [1.54, 1.807) is 0 Å². The van der Waals surface area contributed by atoms with Crippen LogP contribution in [0, 0.1) is 0 Å². The average Bonchev–Trinajstić information content (AvgIpc) is 1.98. The molecule has 0 bridgehead atoms. The first kappa shape index (κ1) is 9.43. The number of carbonyl (C=O) groups excluding carboxylic acids is 1. The highest BCUT2D eigenvalue weighted by molar-refractivity contribution is 6.14. The van der Waals surface area contributed by atoms with Gasteiger partial charge in [0.05, 0.1) is 6.61 Å². The molecule has 0 aromatic carbocycles. The third-order valence-corrected chi connectivity index (χ3v) is 2.01. The van der Waals surface area contributed by atoms with Crippen molar-refractivity contribution in [1.82, 2.24) is 0 Å². The van der Waals surface area contributed by atoms with E-state index in [9.17, 15) is 4.79 Å². The normalized spacial score (nSPS) is 9.30. The quantitative estimate of drug-likeness (QED) is 0.334. The molecule has 0 saturated heterocycles. The first-order valence-corrected chi connectivity index (χ1v) is 4.98. The van der Waals surface area contributed by atoms with Crippen molar-refractivity contribution in [3.8, 4) is 0 Å². The van der Waals surface area contributed by atoms with Crippen molar-refractivity contribution < 1.29 is 9.53 Å². The van der Waals surface area contributed by atoms with Gasteiger partial charge in [0.25, 0.3) is 0 Å². The van der Waals surface area contributed by atoms with Gasteiger partial charge in [0.2, 0.25) is 0 Å². The van der Waals surface area contributed by atoms with Gasteiger partial charge in [-0.1, -0.05) is 13.5 Å². The SMILES string of the molecule is C=C(C[SiH3])C(=O)OCCC. The molecule has 0 aliphatic rings. The maximum Gasteiger partial charge on any atom is 0.333 e. The van der Waals surface area contributed by atoms with Crippen LogP contribution in [0.4, 0.5) is 0 Å². The zero-order chi connectivity index (χ0) is 7.98. The van der Waals surface area contributed by atoms with Gasteiger partial charge in [-0.3, -0.25) is 0 Å². The molecule has 0 aromatic heterocycles. The second-order valence-corrected chi connectivity index (χ2v) is 2.80. The molecule has 2 nitrogen and oxygen atoms in total. The van der Waals surface area contributed by atoms with Gasteiger partial charge in [-0.2, -0.15) is 0 Å². The van der Waals surface area contributed by atoms with Crippen molar-refractivity contribution in [2.24, 2.45) is 0 Å². The Morgan fingerprint density at radius 3 is 2.70 bits per heavy atom. The van der Waals surface area contributed by atoms with Gasteiger partial charge in [0, 0.05) is 15.8 Å². The molecule has 0 unspecified atom stereocenters. The number of ether oxygens (including phenoxy) is 1. The summed E-state index contributed by atoms with van der Waals surface area (Å²) in [6, 6.07) is 0.808. The van der Waals surface area contributed by atoms with E-state index in [1.807, 2.05) is 6.92 Å². The number of carbonyl (C=O) groups is 1. The maximum absolute atomic E-state index is 10.8. The Labute approximate surface area is 64.7 Å². The smallest absolute Gasteiger partial charge is 0.333 e. The standard InChI is InChI=1S/C7H14O2Si/c1-3-4-9-7(8)6(2)5-10/h2-5H2,1,10H3. The highest BCUT2D eigenvalue weighted by atomic mass is 28.1. The summed E-state index contributed by atoms with van der Waals surface area (Å²) < 4.78 is 4.83. The highest BCUT2D eigenvalue weighted by Crippen LogP contribution is 1.98. The van der Waals surface area contributed by atoms with E-state index in [1.165, 1.54) is 0 Å². The summed E-state index contributed by atoms with van der Waals surface area (Å²) in [5.41, 5.74) is 0.611. The van der Waals surface area contributed by atoms with Crippen LogP contribution in [0.3, 0.4) is 0 Å². The molecule has 0 aromatic rings. The summed E-state index contributed by atoms with van der Waals surface area (Å²) in [7, 11) is 0.979. The minimum atomic E-state index is -0.225. The van der Waals surface area contributed by atoms with E-state index in [0.717, 1.165) is 22.7 Å².